The summed E-state index contributed by atoms with van der Waals surface area (Å²) in [5.74, 6) is -1.26. The van der Waals surface area contributed by atoms with Gasteiger partial charge in [0.25, 0.3) is 0 Å². The van der Waals surface area contributed by atoms with Gasteiger partial charge in [-0.1, -0.05) is 375 Å². The number of carbonyl (C=O) groups is 4. The Labute approximate surface area is 607 Å². The largest absolute Gasteiger partial charge is 0.472 e. The van der Waals surface area contributed by atoms with Crippen molar-refractivity contribution < 1.29 is 80.2 Å². The van der Waals surface area contributed by atoms with Crippen molar-refractivity contribution in [2.24, 2.45) is 5.92 Å². The zero-order chi connectivity index (χ0) is 72.7. The van der Waals surface area contributed by atoms with Crippen molar-refractivity contribution in [1.82, 2.24) is 0 Å². The number of ether oxygens (including phenoxy) is 4. The highest BCUT2D eigenvalue weighted by Crippen LogP contribution is 2.45. The summed E-state index contributed by atoms with van der Waals surface area (Å²) in [6.07, 6.45) is 63.7. The number of rotatable bonds is 80. The Morgan fingerprint density at radius 3 is 0.717 bits per heavy atom. The fourth-order valence-corrected chi connectivity index (χ4v) is 14.0. The fraction of sp³-hybridized carbons (Fsp3) is 0.950. The van der Waals surface area contributed by atoms with Crippen LogP contribution in [0.1, 0.15) is 426 Å². The van der Waals surface area contributed by atoms with Gasteiger partial charge in [-0.15, -0.1) is 0 Å². The smallest absolute Gasteiger partial charge is 0.462 e. The molecule has 0 amide bonds. The summed E-state index contributed by atoms with van der Waals surface area (Å²) in [5, 5.41) is 10.6. The van der Waals surface area contributed by atoms with E-state index in [2.05, 4.69) is 34.6 Å². The molecule has 17 nitrogen and oxygen atoms in total. The Bertz CT molecular complexity index is 1890. The average Bonchev–Trinajstić information content (AvgIpc) is 1.20. The van der Waals surface area contributed by atoms with Crippen molar-refractivity contribution in [1.29, 1.82) is 0 Å². The van der Waals surface area contributed by atoms with Gasteiger partial charge in [-0.05, 0) is 31.6 Å². The van der Waals surface area contributed by atoms with Crippen molar-refractivity contribution in [2.75, 3.05) is 39.6 Å². The van der Waals surface area contributed by atoms with Crippen LogP contribution in [0.25, 0.3) is 0 Å². The molecule has 3 unspecified atom stereocenters. The lowest BCUT2D eigenvalue weighted by Crippen LogP contribution is -2.30. The number of esters is 4. The minimum Gasteiger partial charge on any atom is -0.462 e. The lowest BCUT2D eigenvalue weighted by molar-refractivity contribution is -0.161. The van der Waals surface area contributed by atoms with Crippen LogP contribution in [0.3, 0.4) is 0 Å². The molecule has 0 heterocycles. The zero-order valence-electron chi connectivity index (χ0n) is 64.6. The summed E-state index contributed by atoms with van der Waals surface area (Å²) in [4.78, 5) is 72.9. The van der Waals surface area contributed by atoms with Gasteiger partial charge >= 0.3 is 39.5 Å². The maximum Gasteiger partial charge on any atom is 0.472 e. The number of aliphatic hydroxyl groups excluding tert-OH is 1. The first-order chi connectivity index (χ1) is 48.1. The van der Waals surface area contributed by atoms with Crippen molar-refractivity contribution >= 4 is 39.5 Å². The van der Waals surface area contributed by atoms with Crippen LogP contribution in [0.2, 0.25) is 0 Å². The first kappa shape index (κ1) is 97.1. The summed E-state index contributed by atoms with van der Waals surface area (Å²) in [6, 6.07) is 0. The van der Waals surface area contributed by atoms with E-state index in [4.69, 9.17) is 37.0 Å². The summed E-state index contributed by atoms with van der Waals surface area (Å²) < 4.78 is 68.6. The first-order valence-corrected chi connectivity index (χ1v) is 44.7. The third-order valence-corrected chi connectivity index (χ3v) is 21.0. The van der Waals surface area contributed by atoms with E-state index >= 15 is 0 Å². The van der Waals surface area contributed by atoms with Gasteiger partial charge in [-0.3, -0.25) is 37.3 Å². The van der Waals surface area contributed by atoms with Crippen LogP contribution in [-0.4, -0.2) is 96.7 Å². The second kappa shape index (κ2) is 73.0. The molecule has 0 saturated carbocycles. The molecule has 0 spiro atoms. The highest BCUT2D eigenvalue weighted by Gasteiger charge is 2.30. The van der Waals surface area contributed by atoms with Crippen molar-refractivity contribution in [2.45, 2.75) is 445 Å². The van der Waals surface area contributed by atoms with Crippen LogP contribution in [0, 0.1) is 5.92 Å². The molecule has 0 saturated heterocycles. The van der Waals surface area contributed by atoms with Gasteiger partial charge in [-0.2, -0.15) is 0 Å². The van der Waals surface area contributed by atoms with Crippen LogP contribution in [0.5, 0.6) is 0 Å². The molecular formula is C80H156O17P2. The molecule has 99 heavy (non-hydrogen) atoms. The van der Waals surface area contributed by atoms with Gasteiger partial charge < -0.3 is 33.8 Å². The number of hydrogen-bond acceptors (Lipinski definition) is 15. The Morgan fingerprint density at radius 1 is 0.283 bits per heavy atom. The average molecular weight is 1450 g/mol. The molecule has 0 aromatic rings. The predicted molar refractivity (Wildman–Crippen MR) is 405 cm³/mol. The molecule has 0 aliphatic heterocycles. The van der Waals surface area contributed by atoms with Gasteiger partial charge in [0.2, 0.25) is 0 Å². The third kappa shape index (κ3) is 72.8. The summed E-state index contributed by atoms with van der Waals surface area (Å²) in [7, 11) is -9.91. The van der Waals surface area contributed by atoms with Crippen LogP contribution in [0.15, 0.2) is 0 Å². The van der Waals surface area contributed by atoms with E-state index in [1.165, 1.54) is 250 Å². The van der Waals surface area contributed by atoms with Gasteiger partial charge in [0.15, 0.2) is 12.2 Å². The van der Waals surface area contributed by atoms with E-state index < -0.39 is 97.5 Å². The maximum absolute atomic E-state index is 13.1. The van der Waals surface area contributed by atoms with Gasteiger partial charge in [0.1, 0.15) is 19.3 Å². The number of phosphoric acid groups is 2. The molecule has 0 aliphatic rings. The highest BCUT2D eigenvalue weighted by atomic mass is 31.2. The van der Waals surface area contributed by atoms with Crippen LogP contribution < -0.4 is 0 Å². The van der Waals surface area contributed by atoms with E-state index in [0.29, 0.717) is 25.7 Å². The standard InChI is InChI=1S/C80H156O17P2/c1-6-10-13-16-19-22-25-26-27-28-29-30-31-32-37-41-46-51-56-61-66-80(85)97-76(70-91-78(83)64-59-54-49-44-40-36-34-33-35-39-42-47-52-57-62-73(5)9-4)72-95-99(88,89)93-68-74(81)67-92-98(86,87)94-71-75(69-90-77(82)63-58-53-48-43-24-21-18-15-12-8-3)96-79(84)65-60-55-50-45-38-23-20-17-14-11-7-2/h73-76,81H,6-72H2,1-5H3,(H,86,87)(H,88,89)/t73?,74-,75+,76+/m0/s1. The number of aliphatic hydroxyl groups is 1. The van der Waals surface area contributed by atoms with Gasteiger partial charge in [0, 0.05) is 25.7 Å². The number of carbonyl (C=O) groups excluding carboxylic acids is 4. The molecule has 3 N–H and O–H groups in total. The molecule has 19 heteroatoms. The summed E-state index contributed by atoms with van der Waals surface area (Å²) in [6.45, 7) is 7.36. The Balaban J connectivity index is 5.21. The molecule has 588 valence electrons. The van der Waals surface area contributed by atoms with E-state index in [1.54, 1.807) is 0 Å². The van der Waals surface area contributed by atoms with Crippen molar-refractivity contribution in [3.05, 3.63) is 0 Å². The first-order valence-electron chi connectivity index (χ1n) is 41.7. The van der Waals surface area contributed by atoms with Crippen molar-refractivity contribution in [3.63, 3.8) is 0 Å². The van der Waals surface area contributed by atoms with Crippen LogP contribution >= 0.6 is 15.6 Å². The van der Waals surface area contributed by atoms with E-state index in [-0.39, 0.29) is 25.7 Å². The van der Waals surface area contributed by atoms with Gasteiger partial charge in [0.05, 0.1) is 26.4 Å². The SMILES string of the molecule is CCCCCCCCCCCCCCCCCCCCCCC(=O)O[C@H](COC(=O)CCCCCCCCCCCCCCCCC(C)CC)COP(=O)(O)OC[C@@H](O)COP(=O)(O)OC[C@@H](COC(=O)CCCCCCCCCCCC)OC(=O)CCCCCCCCCCCCC. The van der Waals surface area contributed by atoms with Crippen molar-refractivity contribution in [3.8, 4) is 0 Å². The zero-order valence-corrected chi connectivity index (χ0v) is 66.4. The highest BCUT2D eigenvalue weighted by molar-refractivity contribution is 7.47. The Kier molecular flexibility index (Phi) is 71.6. The molecule has 0 fully saturated rings. The van der Waals surface area contributed by atoms with E-state index in [0.717, 1.165) is 95.8 Å². The van der Waals surface area contributed by atoms with Gasteiger partial charge in [-0.25, -0.2) is 9.13 Å². The lowest BCUT2D eigenvalue weighted by Gasteiger charge is -2.21. The summed E-state index contributed by atoms with van der Waals surface area (Å²) in [5.41, 5.74) is 0. The second-order valence-corrected chi connectivity index (χ2v) is 32.0. The summed E-state index contributed by atoms with van der Waals surface area (Å²) >= 11 is 0. The van der Waals surface area contributed by atoms with Crippen LogP contribution in [0.4, 0.5) is 0 Å². The molecule has 6 atom stereocenters. The predicted octanol–water partition coefficient (Wildman–Crippen LogP) is 24.0. The lowest BCUT2D eigenvalue weighted by atomic mass is 9.99. The molecule has 0 aromatic heterocycles. The number of hydrogen-bond donors (Lipinski definition) is 3. The minimum absolute atomic E-state index is 0.107. The molecular weight excluding hydrogens is 1290 g/mol. The van der Waals surface area contributed by atoms with E-state index in [1.807, 2.05) is 0 Å². The number of phosphoric ester groups is 2. The third-order valence-electron chi connectivity index (χ3n) is 19.1. The number of unbranched alkanes of at least 4 members (excludes halogenated alkanes) is 51. The monoisotopic (exact) mass is 1450 g/mol. The molecule has 0 radical (unpaired) electrons. The molecule has 0 rings (SSSR count). The second-order valence-electron chi connectivity index (χ2n) is 29.1. The molecule has 0 aliphatic carbocycles. The molecule has 0 aromatic carbocycles. The van der Waals surface area contributed by atoms with E-state index in [9.17, 15) is 43.2 Å². The topological polar surface area (TPSA) is 237 Å². The molecule has 0 bridgehead atoms. The minimum atomic E-state index is -4.96. The quantitative estimate of drug-likeness (QED) is 0.0222. The maximum atomic E-state index is 13.1. The Hall–Kier alpha value is -1.94. The fourth-order valence-electron chi connectivity index (χ4n) is 12.4. The Morgan fingerprint density at radius 2 is 0.485 bits per heavy atom. The van der Waals surface area contributed by atoms with Crippen LogP contribution in [-0.2, 0) is 65.4 Å². The normalized spacial score (nSPS) is 14.1.